The average Bonchev–Trinajstić information content (AvgIpc) is 2.63. The Labute approximate surface area is 168 Å². The van der Waals surface area contributed by atoms with E-state index in [2.05, 4.69) is 10.3 Å². The second-order valence-corrected chi connectivity index (χ2v) is 7.93. The number of rotatable bonds is 4. The van der Waals surface area contributed by atoms with Gasteiger partial charge in [-0.15, -0.1) is 0 Å². The molecule has 1 aromatic heterocycles. The minimum absolute atomic E-state index is 0.104. The van der Waals surface area contributed by atoms with Crippen molar-refractivity contribution in [3.8, 4) is 5.75 Å². The van der Waals surface area contributed by atoms with E-state index in [4.69, 9.17) is 0 Å². The Morgan fingerprint density at radius 3 is 2.45 bits per heavy atom. The highest BCUT2D eigenvalue weighted by molar-refractivity contribution is 5.96. The predicted octanol–water partition coefficient (Wildman–Crippen LogP) is 1.55. The van der Waals surface area contributed by atoms with Crippen LogP contribution in [0.1, 0.15) is 53.0 Å². The number of benzene rings is 1. The molecule has 2 amide bonds. The molecule has 0 aliphatic heterocycles. The summed E-state index contributed by atoms with van der Waals surface area (Å²) in [5, 5.41) is 12.7. The number of amides is 2. The van der Waals surface area contributed by atoms with Crippen LogP contribution in [0.15, 0.2) is 23.0 Å². The van der Waals surface area contributed by atoms with Crippen molar-refractivity contribution in [3.63, 3.8) is 0 Å². The molecule has 2 rings (SSSR count). The maximum atomic E-state index is 13.6. The molecule has 8 nitrogen and oxygen atoms in total. The van der Waals surface area contributed by atoms with Gasteiger partial charge in [0.2, 0.25) is 5.75 Å². The summed E-state index contributed by atoms with van der Waals surface area (Å²) in [6.45, 7) is 5.36. The predicted molar refractivity (Wildman–Crippen MR) is 105 cm³/mol. The molecule has 9 heteroatoms. The number of halogens is 1. The van der Waals surface area contributed by atoms with Crippen molar-refractivity contribution in [1.29, 1.82) is 0 Å². The molecule has 0 unspecified atom stereocenters. The summed E-state index contributed by atoms with van der Waals surface area (Å²) in [7, 11) is 4.53. The largest absolute Gasteiger partial charge is 0.501 e. The highest BCUT2D eigenvalue weighted by Gasteiger charge is 2.26. The average molecular weight is 404 g/mol. The van der Waals surface area contributed by atoms with Crippen molar-refractivity contribution in [1.82, 2.24) is 19.8 Å². The molecular weight excluding hydrogens is 379 g/mol. The van der Waals surface area contributed by atoms with Crippen molar-refractivity contribution in [2.24, 2.45) is 7.05 Å². The Hall–Kier alpha value is -3.23. The molecule has 0 bridgehead atoms. The van der Waals surface area contributed by atoms with Gasteiger partial charge < -0.3 is 15.3 Å². The number of aromatic hydroxyl groups is 1. The van der Waals surface area contributed by atoms with E-state index >= 15 is 0 Å². The summed E-state index contributed by atoms with van der Waals surface area (Å²) < 4.78 is 14.8. The molecule has 0 saturated carbocycles. The van der Waals surface area contributed by atoms with Crippen LogP contribution in [0.3, 0.4) is 0 Å². The third kappa shape index (κ3) is 4.61. The first kappa shape index (κ1) is 22.1. The maximum Gasteiger partial charge on any atom is 0.296 e. The zero-order valence-corrected chi connectivity index (χ0v) is 17.3. The van der Waals surface area contributed by atoms with Crippen LogP contribution in [0, 0.1) is 5.82 Å². The quantitative estimate of drug-likeness (QED) is 0.805. The Balaban J connectivity index is 2.37. The number of nitrogens with zero attached hydrogens (tertiary/aromatic N) is 3. The fourth-order valence-corrected chi connectivity index (χ4v) is 2.82. The fourth-order valence-electron chi connectivity index (χ4n) is 2.82. The topological polar surface area (TPSA) is 105 Å². The smallest absolute Gasteiger partial charge is 0.296 e. The number of carbonyl (C=O) groups excluding carboxylic acids is 2. The van der Waals surface area contributed by atoms with E-state index in [1.807, 2.05) is 20.8 Å². The molecule has 0 spiro atoms. The Bertz CT molecular complexity index is 1020. The summed E-state index contributed by atoms with van der Waals surface area (Å²) in [4.78, 5) is 42.7. The molecule has 0 aliphatic rings. The zero-order chi connectivity index (χ0) is 22.1. The van der Waals surface area contributed by atoms with E-state index in [0.717, 1.165) is 6.07 Å². The van der Waals surface area contributed by atoms with Crippen LogP contribution < -0.4 is 10.9 Å². The van der Waals surface area contributed by atoms with Crippen molar-refractivity contribution < 1.29 is 19.1 Å². The highest BCUT2D eigenvalue weighted by Crippen LogP contribution is 2.21. The molecule has 0 atom stereocenters. The number of aromatic nitrogens is 2. The lowest BCUT2D eigenvalue weighted by Gasteiger charge is -2.22. The lowest BCUT2D eigenvalue weighted by atomic mass is 9.95. The number of carbonyl (C=O) groups is 2. The normalized spacial score (nSPS) is 11.3. The second-order valence-electron chi connectivity index (χ2n) is 7.93. The summed E-state index contributed by atoms with van der Waals surface area (Å²) >= 11 is 0. The van der Waals surface area contributed by atoms with Gasteiger partial charge in [0, 0.05) is 38.7 Å². The van der Waals surface area contributed by atoms with E-state index in [1.54, 1.807) is 0 Å². The summed E-state index contributed by atoms with van der Waals surface area (Å²) in [6, 6.07) is 3.67. The molecular formula is C20H25FN4O4. The first-order valence-electron chi connectivity index (χ1n) is 8.93. The summed E-state index contributed by atoms with van der Waals surface area (Å²) in [6.07, 6.45) is 0. The van der Waals surface area contributed by atoms with E-state index in [-0.39, 0.29) is 12.1 Å². The molecule has 2 aromatic rings. The van der Waals surface area contributed by atoms with Crippen molar-refractivity contribution >= 4 is 11.8 Å². The van der Waals surface area contributed by atoms with Gasteiger partial charge in [-0.05, 0) is 17.7 Å². The first-order chi connectivity index (χ1) is 13.3. The third-order valence-corrected chi connectivity index (χ3v) is 4.30. The van der Waals surface area contributed by atoms with Gasteiger partial charge in [0.05, 0.1) is 0 Å². The van der Waals surface area contributed by atoms with Gasteiger partial charge >= 0.3 is 0 Å². The zero-order valence-electron chi connectivity index (χ0n) is 17.3. The van der Waals surface area contributed by atoms with E-state index < -0.39 is 40.0 Å². The molecule has 1 heterocycles. The van der Waals surface area contributed by atoms with Crippen LogP contribution in [0.25, 0.3) is 0 Å². The Kier molecular flexibility index (Phi) is 6.10. The van der Waals surface area contributed by atoms with Gasteiger partial charge in [-0.2, -0.15) is 0 Å². The van der Waals surface area contributed by atoms with Crippen LogP contribution in [0.5, 0.6) is 5.75 Å². The Morgan fingerprint density at radius 2 is 1.90 bits per heavy atom. The molecule has 1 aromatic carbocycles. The SMILES string of the molecule is CN(C)C(=O)c1cc(F)ccc1CNC(=O)c1nc(C(C)(C)C)n(C)c(=O)c1O. The summed E-state index contributed by atoms with van der Waals surface area (Å²) in [5.41, 5.74) is -1.19. The van der Waals surface area contributed by atoms with Gasteiger partial charge in [0.25, 0.3) is 17.4 Å². The van der Waals surface area contributed by atoms with Gasteiger partial charge in [-0.25, -0.2) is 9.37 Å². The number of hydrogen-bond acceptors (Lipinski definition) is 5. The monoisotopic (exact) mass is 404 g/mol. The van der Waals surface area contributed by atoms with Crippen LogP contribution in [0.2, 0.25) is 0 Å². The number of hydrogen-bond donors (Lipinski definition) is 2. The lowest BCUT2D eigenvalue weighted by Crippen LogP contribution is -2.34. The van der Waals surface area contributed by atoms with Crippen molar-refractivity contribution in [3.05, 3.63) is 57.0 Å². The molecule has 0 saturated heterocycles. The number of nitrogens with one attached hydrogen (secondary N) is 1. The molecule has 0 aliphatic carbocycles. The standard InChI is InChI=1S/C20H25FN4O4/c1-20(2,3)19-23-14(15(26)18(29)25(19)6)16(27)22-10-11-7-8-12(21)9-13(11)17(28)24(4)5/h7-9,26H,10H2,1-6H3,(H,22,27). The minimum atomic E-state index is -0.779. The lowest BCUT2D eigenvalue weighted by molar-refractivity contribution is 0.0823. The maximum absolute atomic E-state index is 13.6. The molecule has 2 N–H and O–H groups in total. The second kappa shape index (κ2) is 8.02. The van der Waals surface area contributed by atoms with E-state index in [1.165, 1.54) is 42.7 Å². The van der Waals surface area contributed by atoms with E-state index in [9.17, 15) is 23.9 Å². The van der Waals surface area contributed by atoms with Crippen molar-refractivity contribution in [2.75, 3.05) is 14.1 Å². The van der Waals surface area contributed by atoms with Crippen LogP contribution >= 0.6 is 0 Å². The molecule has 29 heavy (non-hydrogen) atoms. The first-order valence-corrected chi connectivity index (χ1v) is 8.93. The van der Waals surface area contributed by atoms with Gasteiger partial charge in [-0.1, -0.05) is 26.8 Å². The van der Waals surface area contributed by atoms with Crippen LogP contribution in [-0.2, 0) is 19.0 Å². The fraction of sp³-hybridized carbons (Fsp3) is 0.400. The molecule has 0 radical (unpaired) electrons. The van der Waals surface area contributed by atoms with E-state index in [0.29, 0.717) is 11.4 Å². The minimum Gasteiger partial charge on any atom is -0.501 e. The van der Waals surface area contributed by atoms with Crippen LogP contribution in [0.4, 0.5) is 4.39 Å². The summed E-state index contributed by atoms with van der Waals surface area (Å²) in [5.74, 6) is -2.21. The molecule has 0 fully saturated rings. The van der Waals surface area contributed by atoms with Gasteiger partial charge in [0.15, 0.2) is 5.69 Å². The van der Waals surface area contributed by atoms with Gasteiger partial charge in [0.1, 0.15) is 11.6 Å². The highest BCUT2D eigenvalue weighted by atomic mass is 19.1. The van der Waals surface area contributed by atoms with Crippen molar-refractivity contribution in [2.45, 2.75) is 32.7 Å². The van der Waals surface area contributed by atoms with Crippen LogP contribution in [-0.4, -0.2) is 45.5 Å². The van der Waals surface area contributed by atoms with Gasteiger partial charge in [-0.3, -0.25) is 19.0 Å². The molecule has 156 valence electrons. The third-order valence-electron chi connectivity index (χ3n) is 4.30. The Morgan fingerprint density at radius 1 is 1.28 bits per heavy atom.